The Morgan fingerprint density at radius 2 is 2.00 bits per heavy atom. The molecule has 0 saturated carbocycles. The lowest BCUT2D eigenvalue weighted by molar-refractivity contribution is -0.137. The second-order valence-electron chi connectivity index (χ2n) is 5.99. The minimum Gasteiger partial charge on any atom is -0.326 e. The molecule has 0 bridgehead atoms. The zero-order chi connectivity index (χ0) is 19.9. The van der Waals surface area contributed by atoms with Crippen molar-refractivity contribution >= 4 is 28.8 Å². The molecule has 2 aromatic heterocycles. The van der Waals surface area contributed by atoms with E-state index in [-0.39, 0.29) is 17.7 Å². The Hall–Kier alpha value is -2.81. The van der Waals surface area contributed by atoms with Gasteiger partial charge in [-0.3, -0.25) is 14.7 Å². The number of nitrogens with one attached hydrogen (secondary N) is 2. The Kier molecular flexibility index (Phi) is 4.73. The molecular formula is C17H14ClF3N4O2. The normalized spacial score (nSPS) is 11.8. The number of benzene rings is 1. The highest BCUT2D eigenvalue weighted by Gasteiger charge is 2.33. The summed E-state index contributed by atoms with van der Waals surface area (Å²) in [6.45, 7) is 3.40. The first-order chi connectivity index (χ1) is 12.6. The van der Waals surface area contributed by atoms with Gasteiger partial charge in [0.25, 0.3) is 5.56 Å². The van der Waals surface area contributed by atoms with Crippen LogP contribution in [-0.4, -0.2) is 20.5 Å². The number of alkyl halides is 3. The minimum atomic E-state index is -4.62. The predicted molar refractivity (Wildman–Crippen MR) is 94.1 cm³/mol. The summed E-state index contributed by atoms with van der Waals surface area (Å²) in [7, 11) is 0. The highest BCUT2D eigenvalue weighted by atomic mass is 35.5. The van der Waals surface area contributed by atoms with Crippen LogP contribution in [0.2, 0.25) is 5.02 Å². The average Bonchev–Trinajstić information content (AvgIpc) is 2.92. The third-order valence-electron chi connectivity index (χ3n) is 4.10. The van der Waals surface area contributed by atoms with Crippen molar-refractivity contribution in [3.63, 3.8) is 0 Å². The van der Waals surface area contributed by atoms with Crippen molar-refractivity contribution in [3.8, 4) is 0 Å². The molecule has 1 aromatic carbocycles. The van der Waals surface area contributed by atoms with Gasteiger partial charge >= 0.3 is 6.18 Å². The van der Waals surface area contributed by atoms with Gasteiger partial charge in [0.2, 0.25) is 5.91 Å². The summed E-state index contributed by atoms with van der Waals surface area (Å²) in [5.41, 5.74) is 0.782. The largest absolute Gasteiger partial charge is 0.417 e. The Labute approximate surface area is 156 Å². The van der Waals surface area contributed by atoms with Gasteiger partial charge in [-0.05, 0) is 32.0 Å². The first-order valence-corrected chi connectivity index (χ1v) is 8.18. The van der Waals surface area contributed by atoms with Crippen LogP contribution in [0.15, 0.2) is 29.1 Å². The summed E-state index contributed by atoms with van der Waals surface area (Å²) in [6.07, 6.45) is -4.74. The Bertz CT molecular complexity index is 1100. The van der Waals surface area contributed by atoms with Gasteiger partial charge in [-0.2, -0.15) is 13.2 Å². The van der Waals surface area contributed by atoms with Crippen LogP contribution in [0.25, 0.3) is 5.65 Å². The van der Waals surface area contributed by atoms with Crippen LogP contribution in [0.1, 0.15) is 22.5 Å². The van der Waals surface area contributed by atoms with Gasteiger partial charge in [0, 0.05) is 28.7 Å². The van der Waals surface area contributed by atoms with Crippen molar-refractivity contribution in [2.75, 3.05) is 5.32 Å². The molecule has 1 amide bonds. The Morgan fingerprint density at radius 1 is 1.30 bits per heavy atom. The van der Waals surface area contributed by atoms with Crippen LogP contribution in [0.5, 0.6) is 0 Å². The van der Waals surface area contributed by atoms with Crippen LogP contribution < -0.4 is 10.9 Å². The van der Waals surface area contributed by atoms with Crippen molar-refractivity contribution in [2.24, 2.45) is 0 Å². The third kappa shape index (κ3) is 3.82. The smallest absolute Gasteiger partial charge is 0.326 e. The zero-order valence-electron chi connectivity index (χ0n) is 14.2. The van der Waals surface area contributed by atoms with Gasteiger partial charge in [-0.15, -0.1) is 0 Å². The fourth-order valence-electron chi connectivity index (χ4n) is 2.80. The van der Waals surface area contributed by atoms with Gasteiger partial charge < -0.3 is 5.32 Å². The molecule has 6 nitrogen and oxygen atoms in total. The van der Waals surface area contributed by atoms with E-state index in [2.05, 4.69) is 15.4 Å². The van der Waals surface area contributed by atoms with E-state index in [9.17, 15) is 22.8 Å². The molecule has 27 heavy (non-hydrogen) atoms. The molecule has 10 heteroatoms. The maximum absolute atomic E-state index is 12.9. The summed E-state index contributed by atoms with van der Waals surface area (Å²) in [6, 6.07) is 4.48. The number of hydrogen-bond acceptors (Lipinski definition) is 3. The van der Waals surface area contributed by atoms with Crippen molar-refractivity contribution < 1.29 is 18.0 Å². The first-order valence-electron chi connectivity index (χ1n) is 7.80. The second-order valence-corrected chi connectivity index (χ2v) is 6.40. The fourth-order valence-corrected chi connectivity index (χ4v) is 3.02. The number of aromatic amines is 1. The van der Waals surface area contributed by atoms with Crippen molar-refractivity contribution in [2.45, 2.75) is 26.4 Å². The maximum Gasteiger partial charge on any atom is 0.417 e. The van der Waals surface area contributed by atoms with Crippen LogP contribution in [0.4, 0.5) is 18.9 Å². The topological polar surface area (TPSA) is 79.3 Å². The van der Waals surface area contributed by atoms with Crippen LogP contribution in [0.3, 0.4) is 0 Å². The van der Waals surface area contributed by atoms with Crippen molar-refractivity contribution in [1.29, 1.82) is 0 Å². The summed E-state index contributed by atoms with van der Waals surface area (Å²) in [5.74, 6) is -0.521. The first kappa shape index (κ1) is 19.0. The van der Waals surface area contributed by atoms with E-state index >= 15 is 0 Å². The van der Waals surface area contributed by atoms with Gasteiger partial charge in [0.05, 0.1) is 17.0 Å². The zero-order valence-corrected chi connectivity index (χ0v) is 15.0. The van der Waals surface area contributed by atoms with Gasteiger partial charge in [-0.25, -0.2) is 9.50 Å². The minimum absolute atomic E-state index is 0.0181. The standard InChI is InChI=1S/C17H14ClF3N4O2/c1-8-11(9(2)25-14(22-8)7-16(27)24-25)6-15(26)23-10-3-4-13(18)12(5-10)17(19,20)21/h3-5,7H,6H2,1-2H3,(H,23,26)(H,24,27). The van der Waals surface area contributed by atoms with Gasteiger partial charge in [0.15, 0.2) is 5.65 Å². The number of anilines is 1. The number of hydrogen-bond donors (Lipinski definition) is 2. The Morgan fingerprint density at radius 3 is 2.67 bits per heavy atom. The number of carbonyl (C=O) groups excluding carboxylic acids is 1. The molecule has 0 spiro atoms. The highest BCUT2D eigenvalue weighted by molar-refractivity contribution is 6.31. The monoisotopic (exact) mass is 398 g/mol. The van der Waals surface area contributed by atoms with Crippen molar-refractivity contribution in [3.05, 3.63) is 62.2 Å². The van der Waals surface area contributed by atoms with E-state index in [1.54, 1.807) is 13.8 Å². The second kappa shape index (κ2) is 6.73. The van der Waals surface area contributed by atoms with Gasteiger partial charge in [-0.1, -0.05) is 11.6 Å². The van der Waals surface area contributed by atoms with E-state index in [1.165, 1.54) is 16.6 Å². The molecule has 0 fully saturated rings. The van der Waals surface area contributed by atoms with Gasteiger partial charge in [0.1, 0.15) is 0 Å². The van der Waals surface area contributed by atoms with Crippen molar-refractivity contribution in [1.82, 2.24) is 14.6 Å². The lowest BCUT2D eigenvalue weighted by atomic mass is 10.1. The molecule has 142 valence electrons. The number of nitrogens with zero attached hydrogens (tertiary/aromatic N) is 2. The number of fused-ring (bicyclic) bond motifs is 1. The predicted octanol–water partition coefficient (Wildman–Crippen LogP) is 3.49. The summed E-state index contributed by atoms with van der Waals surface area (Å²) in [5, 5.41) is 4.56. The fraction of sp³-hybridized carbons (Fsp3) is 0.235. The molecule has 0 aliphatic heterocycles. The summed E-state index contributed by atoms with van der Waals surface area (Å²) in [4.78, 5) is 28.1. The molecule has 0 aliphatic carbocycles. The third-order valence-corrected chi connectivity index (χ3v) is 4.42. The van der Waals surface area contributed by atoms with Crippen LogP contribution in [0, 0.1) is 13.8 Å². The highest BCUT2D eigenvalue weighted by Crippen LogP contribution is 2.36. The number of halogens is 4. The van der Waals surface area contributed by atoms with E-state index in [0.29, 0.717) is 22.6 Å². The van der Waals surface area contributed by atoms with E-state index in [1.807, 2.05) is 0 Å². The van der Waals surface area contributed by atoms with E-state index in [4.69, 9.17) is 11.6 Å². The number of aryl methyl sites for hydroxylation is 2. The number of rotatable bonds is 3. The molecule has 2 heterocycles. The SMILES string of the molecule is Cc1nc2cc(=O)[nH]n2c(C)c1CC(=O)Nc1ccc(Cl)c(C(F)(F)F)c1. The summed E-state index contributed by atoms with van der Waals surface area (Å²) >= 11 is 5.57. The molecule has 0 atom stereocenters. The molecule has 0 aliphatic rings. The maximum atomic E-state index is 12.9. The number of aromatic nitrogens is 3. The Balaban J connectivity index is 1.87. The number of carbonyl (C=O) groups is 1. The number of amides is 1. The van der Waals surface area contributed by atoms with E-state index < -0.39 is 22.7 Å². The lowest BCUT2D eigenvalue weighted by Crippen LogP contribution is -2.18. The lowest BCUT2D eigenvalue weighted by Gasteiger charge is -2.13. The quantitative estimate of drug-likeness (QED) is 0.708. The molecule has 0 saturated heterocycles. The summed E-state index contributed by atoms with van der Waals surface area (Å²) < 4.78 is 40.3. The molecule has 0 radical (unpaired) electrons. The molecule has 3 aromatic rings. The van der Waals surface area contributed by atoms with E-state index in [0.717, 1.165) is 12.1 Å². The average molecular weight is 399 g/mol. The van der Waals surface area contributed by atoms with Crippen LogP contribution in [-0.2, 0) is 17.4 Å². The number of H-pyrrole nitrogens is 1. The molecule has 3 rings (SSSR count). The molecular weight excluding hydrogens is 385 g/mol. The molecule has 0 unspecified atom stereocenters. The molecule has 2 N–H and O–H groups in total. The van der Waals surface area contributed by atoms with Crippen LogP contribution >= 0.6 is 11.6 Å².